The lowest BCUT2D eigenvalue weighted by Crippen LogP contribution is -2.10. The number of aliphatic hydroxyl groups excluding tert-OH is 1. The first-order valence-electron chi connectivity index (χ1n) is 7.65. The highest BCUT2D eigenvalue weighted by Crippen LogP contribution is 2.45. The normalized spacial score (nSPS) is 14.4. The minimum absolute atomic E-state index is 0.0226. The van der Waals surface area contributed by atoms with E-state index >= 15 is 0 Å². The molecular weight excluding hydrogens is 281 g/mol. The lowest BCUT2D eigenvalue weighted by Gasteiger charge is -2.17. The van der Waals surface area contributed by atoms with Gasteiger partial charge in [-0.2, -0.15) is 0 Å². The van der Waals surface area contributed by atoms with E-state index in [4.69, 9.17) is 4.74 Å². The maximum atomic E-state index is 13.2. The van der Waals surface area contributed by atoms with Crippen LogP contribution in [0, 0.1) is 5.82 Å². The van der Waals surface area contributed by atoms with Crippen molar-refractivity contribution in [3.8, 4) is 17.1 Å². The zero-order chi connectivity index (χ0) is 15.7. The molecule has 0 unspecified atom stereocenters. The monoisotopic (exact) mass is 301 g/mol. The Morgan fingerprint density at radius 1 is 1.27 bits per heavy atom. The van der Waals surface area contributed by atoms with Crippen LogP contribution in [0.15, 0.2) is 30.3 Å². The van der Waals surface area contributed by atoms with Crippen molar-refractivity contribution < 1.29 is 14.2 Å². The van der Waals surface area contributed by atoms with Crippen molar-refractivity contribution in [3.63, 3.8) is 0 Å². The van der Waals surface area contributed by atoms with Gasteiger partial charge in [-0.15, -0.1) is 0 Å². The number of benzene rings is 1. The van der Waals surface area contributed by atoms with Gasteiger partial charge in [0.05, 0.1) is 18.4 Å². The van der Waals surface area contributed by atoms with Crippen molar-refractivity contribution in [2.45, 2.75) is 45.3 Å². The van der Waals surface area contributed by atoms with E-state index in [1.807, 2.05) is 19.9 Å². The molecule has 1 heterocycles. The standard InChI is InChI=1S/C18H20FNO2/c1-11(2)22-18-14(10-21)9-16(12-3-4-12)17(20-18)13-5-7-15(19)8-6-13/h5-9,11-12,21H,3-4,10H2,1-2H3. The third kappa shape index (κ3) is 3.12. The predicted molar refractivity (Wildman–Crippen MR) is 83.3 cm³/mol. The van der Waals surface area contributed by atoms with Crippen LogP contribution < -0.4 is 4.74 Å². The van der Waals surface area contributed by atoms with Gasteiger partial charge in [-0.3, -0.25) is 0 Å². The number of nitrogens with zero attached hydrogens (tertiary/aromatic N) is 1. The minimum atomic E-state index is -0.262. The largest absolute Gasteiger partial charge is 0.475 e. The Kier molecular flexibility index (Phi) is 4.12. The summed E-state index contributed by atoms with van der Waals surface area (Å²) in [5.41, 5.74) is 3.53. The number of aromatic nitrogens is 1. The predicted octanol–water partition coefficient (Wildman–Crippen LogP) is 4.04. The van der Waals surface area contributed by atoms with Crippen molar-refractivity contribution in [2.24, 2.45) is 0 Å². The molecule has 0 bridgehead atoms. The molecule has 1 fully saturated rings. The van der Waals surface area contributed by atoms with E-state index < -0.39 is 0 Å². The fourth-order valence-electron chi connectivity index (χ4n) is 2.54. The summed E-state index contributed by atoms with van der Waals surface area (Å²) in [5.74, 6) is 0.675. The van der Waals surface area contributed by atoms with Gasteiger partial charge in [0, 0.05) is 11.1 Å². The van der Waals surface area contributed by atoms with Gasteiger partial charge in [-0.05, 0) is 68.5 Å². The second kappa shape index (κ2) is 6.05. The molecule has 0 spiro atoms. The molecule has 3 rings (SSSR count). The Labute approximate surface area is 129 Å². The number of hydrogen-bond acceptors (Lipinski definition) is 3. The zero-order valence-electron chi connectivity index (χ0n) is 12.8. The first-order chi connectivity index (χ1) is 10.6. The molecule has 4 heteroatoms. The Balaban J connectivity index is 2.11. The summed E-state index contributed by atoms with van der Waals surface area (Å²) in [6.07, 6.45) is 2.24. The molecule has 1 saturated carbocycles. The van der Waals surface area contributed by atoms with Gasteiger partial charge in [0.25, 0.3) is 0 Å². The molecule has 0 aliphatic heterocycles. The Morgan fingerprint density at radius 2 is 1.95 bits per heavy atom. The molecule has 1 aromatic heterocycles. The van der Waals surface area contributed by atoms with Crippen molar-refractivity contribution in [3.05, 3.63) is 47.3 Å². The highest BCUT2D eigenvalue weighted by atomic mass is 19.1. The van der Waals surface area contributed by atoms with Gasteiger partial charge >= 0.3 is 0 Å². The fourth-order valence-corrected chi connectivity index (χ4v) is 2.54. The quantitative estimate of drug-likeness (QED) is 0.906. The van der Waals surface area contributed by atoms with Crippen LogP contribution in [0.1, 0.15) is 43.7 Å². The molecule has 2 aromatic rings. The number of halogens is 1. The number of hydrogen-bond donors (Lipinski definition) is 1. The molecule has 0 atom stereocenters. The summed E-state index contributed by atoms with van der Waals surface area (Å²) in [4.78, 5) is 4.64. The second-order valence-electron chi connectivity index (χ2n) is 6.00. The van der Waals surface area contributed by atoms with Crippen LogP contribution in [-0.4, -0.2) is 16.2 Å². The van der Waals surface area contributed by atoms with Crippen molar-refractivity contribution >= 4 is 0 Å². The van der Waals surface area contributed by atoms with E-state index in [-0.39, 0.29) is 18.5 Å². The summed E-state index contributed by atoms with van der Waals surface area (Å²) in [7, 11) is 0. The molecule has 1 aliphatic rings. The molecule has 22 heavy (non-hydrogen) atoms. The van der Waals surface area contributed by atoms with Gasteiger partial charge < -0.3 is 9.84 Å². The van der Waals surface area contributed by atoms with E-state index in [0.29, 0.717) is 17.4 Å². The van der Waals surface area contributed by atoms with Gasteiger partial charge in [-0.25, -0.2) is 9.37 Å². The third-order valence-corrected chi connectivity index (χ3v) is 3.74. The van der Waals surface area contributed by atoms with E-state index in [1.54, 1.807) is 12.1 Å². The van der Waals surface area contributed by atoms with Crippen LogP contribution in [0.5, 0.6) is 5.88 Å². The molecule has 0 saturated heterocycles. The first kappa shape index (κ1) is 15.0. The summed E-state index contributed by atoms with van der Waals surface area (Å²) in [5, 5.41) is 9.59. The highest BCUT2D eigenvalue weighted by molar-refractivity contribution is 5.66. The third-order valence-electron chi connectivity index (χ3n) is 3.74. The van der Waals surface area contributed by atoms with Crippen LogP contribution >= 0.6 is 0 Å². The fraction of sp³-hybridized carbons (Fsp3) is 0.389. The van der Waals surface area contributed by atoms with Crippen molar-refractivity contribution in [2.75, 3.05) is 0 Å². The number of rotatable bonds is 5. The summed E-state index contributed by atoms with van der Waals surface area (Å²) in [6.45, 7) is 3.75. The topological polar surface area (TPSA) is 42.4 Å². The van der Waals surface area contributed by atoms with Gasteiger partial charge in [0.1, 0.15) is 5.82 Å². The SMILES string of the molecule is CC(C)Oc1nc(-c2ccc(F)cc2)c(C2CC2)cc1CO. The van der Waals surface area contributed by atoms with E-state index in [0.717, 1.165) is 29.7 Å². The van der Waals surface area contributed by atoms with Crippen LogP contribution in [0.2, 0.25) is 0 Å². The molecule has 1 aliphatic carbocycles. The summed E-state index contributed by atoms with van der Waals surface area (Å²) < 4.78 is 18.9. The van der Waals surface area contributed by atoms with Crippen molar-refractivity contribution in [1.29, 1.82) is 0 Å². The van der Waals surface area contributed by atoms with E-state index in [9.17, 15) is 9.50 Å². The van der Waals surface area contributed by atoms with Crippen LogP contribution in [0.4, 0.5) is 4.39 Å². The van der Waals surface area contributed by atoms with Gasteiger partial charge in [0.2, 0.25) is 5.88 Å². The number of ether oxygens (including phenoxy) is 1. The number of pyridine rings is 1. The van der Waals surface area contributed by atoms with Crippen LogP contribution in [-0.2, 0) is 6.61 Å². The van der Waals surface area contributed by atoms with Gasteiger partial charge in [-0.1, -0.05) is 0 Å². The molecular formula is C18H20FNO2. The summed E-state index contributed by atoms with van der Waals surface area (Å²) >= 11 is 0. The van der Waals surface area contributed by atoms with E-state index in [2.05, 4.69) is 4.98 Å². The molecule has 0 amide bonds. The van der Waals surface area contributed by atoms with Crippen LogP contribution in [0.3, 0.4) is 0 Å². The van der Waals surface area contributed by atoms with Crippen LogP contribution in [0.25, 0.3) is 11.3 Å². The Bertz CT molecular complexity index is 664. The maximum Gasteiger partial charge on any atom is 0.219 e. The second-order valence-corrected chi connectivity index (χ2v) is 6.00. The summed E-state index contributed by atoms with van der Waals surface area (Å²) in [6, 6.07) is 8.34. The minimum Gasteiger partial charge on any atom is -0.475 e. The molecule has 0 radical (unpaired) electrons. The first-order valence-corrected chi connectivity index (χ1v) is 7.65. The average molecular weight is 301 g/mol. The highest BCUT2D eigenvalue weighted by Gasteiger charge is 2.29. The average Bonchev–Trinajstić information content (AvgIpc) is 3.32. The molecule has 116 valence electrons. The van der Waals surface area contributed by atoms with E-state index in [1.165, 1.54) is 12.1 Å². The molecule has 3 nitrogen and oxygen atoms in total. The van der Waals surface area contributed by atoms with Gasteiger partial charge in [0.15, 0.2) is 0 Å². The zero-order valence-corrected chi connectivity index (χ0v) is 12.8. The molecule has 1 aromatic carbocycles. The lowest BCUT2D eigenvalue weighted by atomic mass is 10.0. The Hall–Kier alpha value is -1.94. The smallest absolute Gasteiger partial charge is 0.219 e. The maximum absolute atomic E-state index is 13.2. The lowest BCUT2D eigenvalue weighted by molar-refractivity contribution is 0.217. The Morgan fingerprint density at radius 3 is 2.50 bits per heavy atom. The molecule has 1 N–H and O–H groups in total. The van der Waals surface area contributed by atoms with Crippen molar-refractivity contribution in [1.82, 2.24) is 4.98 Å². The number of aliphatic hydroxyl groups is 1.